The lowest BCUT2D eigenvalue weighted by Crippen LogP contribution is -2.31. The standard InChI is InChI=1S/C23H32N6O3/c1-15(26-12-3-10-24)16-6-8-17(9-7-16)29-14-20-22(28-23(29)30)27-21-18(31-13-11-25)4-2-5-19(21)32-20/h2,4-5,14,16-17H,3,6-13,24-25H2,1H3,(H,27,28,30). The average molecular weight is 441 g/mol. The predicted molar refractivity (Wildman–Crippen MR) is 125 cm³/mol. The van der Waals surface area contributed by atoms with E-state index in [4.69, 9.17) is 20.9 Å². The van der Waals surface area contributed by atoms with Gasteiger partial charge in [-0.25, -0.2) is 4.79 Å². The summed E-state index contributed by atoms with van der Waals surface area (Å²) in [5.74, 6) is 2.66. The van der Waals surface area contributed by atoms with E-state index in [1.54, 1.807) is 10.8 Å². The van der Waals surface area contributed by atoms with E-state index in [1.165, 1.54) is 5.71 Å². The van der Waals surface area contributed by atoms with Crippen LogP contribution in [-0.4, -0.2) is 41.5 Å². The summed E-state index contributed by atoms with van der Waals surface area (Å²) in [4.78, 5) is 21.8. The van der Waals surface area contributed by atoms with Crippen molar-refractivity contribution in [1.29, 1.82) is 0 Å². The third-order valence-corrected chi connectivity index (χ3v) is 6.15. The summed E-state index contributed by atoms with van der Waals surface area (Å²) in [5, 5.41) is 3.20. The lowest BCUT2D eigenvalue weighted by molar-refractivity contribution is 0.306. The minimum absolute atomic E-state index is 0.109. The Kier molecular flexibility index (Phi) is 7.06. The number of rotatable bonds is 8. The number of nitrogens with one attached hydrogen (secondary N) is 1. The molecule has 1 fully saturated rings. The second-order valence-electron chi connectivity index (χ2n) is 8.31. The molecule has 172 valence electrons. The van der Waals surface area contributed by atoms with E-state index in [9.17, 15) is 4.79 Å². The topological polar surface area (TPSA) is 130 Å². The van der Waals surface area contributed by atoms with Gasteiger partial charge in [-0.05, 0) is 63.6 Å². The monoisotopic (exact) mass is 440 g/mol. The predicted octanol–water partition coefficient (Wildman–Crippen LogP) is 2.97. The normalized spacial score (nSPS) is 20.0. The summed E-state index contributed by atoms with van der Waals surface area (Å²) in [6.45, 7) is 4.37. The minimum Gasteiger partial charge on any atom is -0.490 e. The highest BCUT2D eigenvalue weighted by molar-refractivity contribution is 5.84. The van der Waals surface area contributed by atoms with Crippen LogP contribution in [0.3, 0.4) is 0 Å². The Balaban J connectivity index is 1.47. The van der Waals surface area contributed by atoms with Crippen LogP contribution in [0.25, 0.3) is 0 Å². The van der Waals surface area contributed by atoms with Crippen molar-refractivity contribution >= 4 is 17.2 Å². The van der Waals surface area contributed by atoms with E-state index in [2.05, 4.69) is 22.2 Å². The molecule has 0 atom stereocenters. The molecule has 2 aromatic rings. The van der Waals surface area contributed by atoms with Crippen LogP contribution in [0, 0.1) is 5.92 Å². The van der Waals surface area contributed by atoms with E-state index in [1.807, 2.05) is 18.2 Å². The molecule has 4 rings (SSSR count). The van der Waals surface area contributed by atoms with Gasteiger partial charge >= 0.3 is 5.69 Å². The molecule has 2 heterocycles. The van der Waals surface area contributed by atoms with Gasteiger partial charge in [-0.2, -0.15) is 4.98 Å². The SMILES string of the molecule is CC(=NCCCN)C1CCC(n2cc3c(nc2=O)Nc2c(OCCN)cccc2O3)CC1. The lowest BCUT2D eigenvalue weighted by atomic mass is 9.83. The fourth-order valence-corrected chi connectivity index (χ4v) is 4.37. The molecule has 0 spiro atoms. The second kappa shape index (κ2) is 10.1. The number of nitrogens with zero attached hydrogens (tertiary/aromatic N) is 3. The fourth-order valence-electron chi connectivity index (χ4n) is 4.37. The number of fused-ring (bicyclic) bond motifs is 2. The number of aromatic nitrogens is 2. The number of ether oxygens (including phenoxy) is 2. The summed E-state index contributed by atoms with van der Waals surface area (Å²) in [6, 6.07) is 5.65. The van der Waals surface area contributed by atoms with Gasteiger partial charge in [0, 0.05) is 24.8 Å². The molecule has 5 N–H and O–H groups in total. The van der Waals surface area contributed by atoms with Crippen LogP contribution >= 0.6 is 0 Å². The maximum atomic E-state index is 12.8. The molecular weight excluding hydrogens is 408 g/mol. The van der Waals surface area contributed by atoms with Crippen LogP contribution in [0.15, 0.2) is 34.2 Å². The van der Waals surface area contributed by atoms with Crippen LogP contribution in [0.5, 0.6) is 17.2 Å². The van der Waals surface area contributed by atoms with Crippen molar-refractivity contribution in [3.63, 3.8) is 0 Å². The third-order valence-electron chi connectivity index (χ3n) is 6.15. The molecular formula is C23H32N6O3. The van der Waals surface area contributed by atoms with Crippen molar-refractivity contribution in [1.82, 2.24) is 9.55 Å². The molecule has 1 aromatic carbocycles. The Morgan fingerprint density at radius 1 is 1.25 bits per heavy atom. The Bertz CT molecular complexity index is 1030. The lowest BCUT2D eigenvalue weighted by Gasteiger charge is -2.30. The van der Waals surface area contributed by atoms with Gasteiger partial charge in [0.05, 0.1) is 6.20 Å². The van der Waals surface area contributed by atoms with Crippen molar-refractivity contribution in [3.05, 3.63) is 34.9 Å². The number of aliphatic imine (C=N–C) groups is 1. The summed E-state index contributed by atoms with van der Waals surface area (Å²) < 4.78 is 13.5. The van der Waals surface area contributed by atoms with E-state index >= 15 is 0 Å². The molecule has 1 saturated carbocycles. The number of para-hydroxylation sites is 1. The molecule has 1 aliphatic carbocycles. The first-order valence-electron chi connectivity index (χ1n) is 11.4. The smallest absolute Gasteiger partial charge is 0.350 e. The highest BCUT2D eigenvalue weighted by Gasteiger charge is 2.28. The second-order valence-corrected chi connectivity index (χ2v) is 8.31. The Morgan fingerprint density at radius 2 is 2.06 bits per heavy atom. The summed E-state index contributed by atoms with van der Waals surface area (Å²) in [7, 11) is 0. The summed E-state index contributed by atoms with van der Waals surface area (Å²) >= 11 is 0. The van der Waals surface area contributed by atoms with Crippen LogP contribution in [0.1, 0.15) is 45.1 Å². The van der Waals surface area contributed by atoms with Crippen molar-refractivity contribution < 1.29 is 9.47 Å². The molecule has 0 bridgehead atoms. The van der Waals surface area contributed by atoms with Crippen molar-refractivity contribution in [2.75, 3.05) is 31.6 Å². The minimum atomic E-state index is -0.277. The number of benzene rings is 1. The average Bonchev–Trinajstić information content (AvgIpc) is 2.81. The van der Waals surface area contributed by atoms with Gasteiger partial charge in [-0.15, -0.1) is 0 Å². The van der Waals surface area contributed by atoms with E-state index in [0.29, 0.717) is 54.4 Å². The van der Waals surface area contributed by atoms with Gasteiger partial charge in [-0.1, -0.05) is 6.07 Å². The van der Waals surface area contributed by atoms with Gasteiger partial charge < -0.3 is 26.3 Å². The molecule has 0 radical (unpaired) electrons. The maximum Gasteiger partial charge on any atom is 0.350 e. The van der Waals surface area contributed by atoms with Crippen LogP contribution in [0.2, 0.25) is 0 Å². The van der Waals surface area contributed by atoms with E-state index < -0.39 is 0 Å². The molecule has 2 aliphatic rings. The van der Waals surface area contributed by atoms with E-state index in [0.717, 1.165) is 38.6 Å². The number of anilines is 2. The van der Waals surface area contributed by atoms with Gasteiger partial charge in [-0.3, -0.25) is 9.56 Å². The zero-order valence-corrected chi connectivity index (χ0v) is 18.5. The van der Waals surface area contributed by atoms with Crippen LogP contribution in [0.4, 0.5) is 11.5 Å². The molecule has 0 saturated heterocycles. The molecule has 0 amide bonds. The first-order valence-corrected chi connectivity index (χ1v) is 11.4. The molecule has 1 aromatic heterocycles. The fraction of sp³-hybridized carbons (Fsp3) is 0.522. The number of hydrogen-bond acceptors (Lipinski definition) is 8. The van der Waals surface area contributed by atoms with Gasteiger partial charge in [0.15, 0.2) is 17.3 Å². The first-order chi connectivity index (χ1) is 15.6. The zero-order valence-electron chi connectivity index (χ0n) is 18.5. The Labute approximate surface area is 187 Å². The van der Waals surface area contributed by atoms with Gasteiger partial charge in [0.25, 0.3) is 0 Å². The Morgan fingerprint density at radius 3 is 2.81 bits per heavy atom. The third kappa shape index (κ3) is 4.78. The molecule has 1 aliphatic heterocycles. The summed E-state index contributed by atoms with van der Waals surface area (Å²) in [6.07, 6.45) is 6.54. The highest BCUT2D eigenvalue weighted by atomic mass is 16.5. The number of nitrogens with two attached hydrogens (primary N) is 2. The highest BCUT2D eigenvalue weighted by Crippen LogP contribution is 2.45. The Hall–Kier alpha value is -2.91. The van der Waals surface area contributed by atoms with Crippen LogP contribution in [-0.2, 0) is 0 Å². The van der Waals surface area contributed by atoms with Crippen molar-refractivity contribution in [2.45, 2.75) is 45.1 Å². The van der Waals surface area contributed by atoms with E-state index in [-0.39, 0.29) is 11.7 Å². The van der Waals surface area contributed by atoms with Crippen LogP contribution < -0.4 is 31.9 Å². The molecule has 0 unspecified atom stereocenters. The molecule has 9 heteroatoms. The maximum absolute atomic E-state index is 12.8. The first kappa shape index (κ1) is 22.3. The van der Waals surface area contributed by atoms with Crippen molar-refractivity contribution in [2.24, 2.45) is 22.4 Å². The van der Waals surface area contributed by atoms with Gasteiger partial charge in [0.2, 0.25) is 0 Å². The quantitative estimate of drug-likeness (QED) is 0.363. The molecule has 32 heavy (non-hydrogen) atoms. The largest absolute Gasteiger partial charge is 0.490 e. The van der Waals surface area contributed by atoms with Gasteiger partial charge in [0.1, 0.15) is 18.0 Å². The zero-order chi connectivity index (χ0) is 22.5. The number of hydrogen-bond donors (Lipinski definition) is 3. The molecule has 9 nitrogen and oxygen atoms in total. The summed E-state index contributed by atoms with van der Waals surface area (Å²) in [5.41, 5.74) is 12.7. The van der Waals surface area contributed by atoms with Crippen molar-refractivity contribution in [3.8, 4) is 17.2 Å².